The molecule has 8 heteroatoms. The first-order valence-corrected chi connectivity index (χ1v) is 9.93. The number of amides is 1. The molecule has 23 heavy (non-hydrogen) atoms. The minimum Gasteiger partial charge on any atom is -0.324 e. The maximum absolute atomic E-state index is 12.2. The number of sulfone groups is 1. The molecule has 2 rings (SSSR count). The SMILES string of the molecule is C#CCN(CC(=O)Nc1ccc(Br)cc1Cl)C1CCS(=O)(=O)C1. The van der Waals surface area contributed by atoms with Gasteiger partial charge in [0.15, 0.2) is 9.84 Å². The molecule has 0 bridgehead atoms. The Labute approximate surface area is 149 Å². The highest BCUT2D eigenvalue weighted by Crippen LogP contribution is 2.25. The summed E-state index contributed by atoms with van der Waals surface area (Å²) in [6.45, 7) is 0.248. The van der Waals surface area contributed by atoms with Crippen LogP contribution in [0.3, 0.4) is 0 Å². The van der Waals surface area contributed by atoms with Gasteiger partial charge in [0.25, 0.3) is 0 Å². The highest BCUT2D eigenvalue weighted by atomic mass is 79.9. The van der Waals surface area contributed by atoms with Crippen molar-refractivity contribution in [2.24, 2.45) is 0 Å². The fourth-order valence-electron chi connectivity index (χ4n) is 2.46. The summed E-state index contributed by atoms with van der Waals surface area (Å²) in [6.07, 6.45) is 5.83. The lowest BCUT2D eigenvalue weighted by Crippen LogP contribution is -2.41. The third-order valence-electron chi connectivity index (χ3n) is 3.57. The molecule has 124 valence electrons. The highest BCUT2D eigenvalue weighted by molar-refractivity contribution is 9.10. The van der Waals surface area contributed by atoms with Crippen LogP contribution < -0.4 is 5.32 Å². The minimum absolute atomic E-state index is 0.0246. The molecular formula is C15H16BrClN2O3S. The lowest BCUT2D eigenvalue weighted by Gasteiger charge is -2.25. The van der Waals surface area contributed by atoms with Gasteiger partial charge in [-0.1, -0.05) is 33.5 Å². The zero-order valence-corrected chi connectivity index (χ0v) is 15.4. The molecule has 1 fully saturated rings. The Balaban J connectivity index is 2.02. The van der Waals surface area contributed by atoms with Crippen LogP contribution in [-0.4, -0.2) is 49.9 Å². The fourth-order valence-corrected chi connectivity index (χ4v) is 4.94. The number of nitrogens with one attached hydrogen (secondary N) is 1. The van der Waals surface area contributed by atoms with E-state index in [1.807, 2.05) is 0 Å². The van der Waals surface area contributed by atoms with Gasteiger partial charge in [0, 0.05) is 10.5 Å². The molecule has 1 heterocycles. The van der Waals surface area contributed by atoms with Crippen molar-refractivity contribution in [1.29, 1.82) is 0 Å². The van der Waals surface area contributed by atoms with E-state index in [1.54, 1.807) is 23.1 Å². The summed E-state index contributed by atoms with van der Waals surface area (Å²) in [5.74, 6) is 2.38. The third kappa shape index (κ3) is 5.21. The molecule has 1 aliphatic heterocycles. The second kappa shape index (κ2) is 7.67. The molecule has 1 saturated heterocycles. The van der Waals surface area contributed by atoms with Crippen LogP contribution in [-0.2, 0) is 14.6 Å². The first kappa shape index (κ1) is 18.3. The first-order valence-electron chi connectivity index (χ1n) is 6.93. The Morgan fingerprint density at radius 2 is 2.26 bits per heavy atom. The standard InChI is InChI=1S/C15H16BrClN2O3S/c1-2-6-19(12-5-7-23(21,22)10-12)9-15(20)18-14-4-3-11(16)8-13(14)17/h1,3-4,8,12H,5-7,9-10H2,(H,18,20). The molecule has 0 saturated carbocycles. The van der Waals surface area contributed by atoms with Gasteiger partial charge in [-0.15, -0.1) is 6.42 Å². The molecule has 0 aliphatic carbocycles. The molecule has 5 nitrogen and oxygen atoms in total. The average molecular weight is 420 g/mol. The van der Waals surface area contributed by atoms with Crippen LogP contribution in [0.1, 0.15) is 6.42 Å². The number of nitrogens with zero attached hydrogens (tertiary/aromatic N) is 1. The molecule has 1 aromatic rings. The van der Waals surface area contributed by atoms with Gasteiger partial charge in [-0.05, 0) is 24.6 Å². The van der Waals surface area contributed by atoms with E-state index in [9.17, 15) is 13.2 Å². The second-order valence-electron chi connectivity index (χ2n) is 5.34. The monoisotopic (exact) mass is 418 g/mol. The number of benzene rings is 1. The Bertz CT molecular complexity index is 746. The van der Waals surface area contributed by atoms with Crippen LogP contribution in [0, 0.1) is 12.3 Å². The summed E-state index contributed by atoms with van der Waals surface area (Å²) in [5, 5.41) is 3.14. The zero-order chi connectivity index (χ0) is 17.0. The van der Waals surface area contributed by atoms with Gasteiger partial charge in [0.2, 0.25) is 5.91 Å². The number of terminal acetylenes is 1. The van der Waals surface area contributed by atoms with Gasteiger partial charge in [0.05, 0.1) is 35.3 Å². The van der Waals surface area contributed by atoms with Gasteiger partial charge in [-0.25, -0.2) is 8.42 Å². The average Bonchev–Trinajstić information content (AvgIpc) is 2.82. The van der Waals surface area contributed by atoms with E-state index in [1.165, 1.54) is 0 Å². The van der Waals surface area contributed by atoms with Crippen molar-refractivity contribution in [3.05, 3.63) is 27.7 Å². The van der Waals surface area contributed by atoms with Crippen molar-refractivity contribution < 1.29 is 13.2 Å². The lowest BCUT2D eigenvalue weighted by atomic mass is 10.2. The number of carbonyl (C=O) groups excluding carboxylic acids is 1. The van der Waals surface area contributed by atoms with E-state index in [0.29, 0.717) is 17.1 Å². The topological polar surface area (TPSA) is 66.5 Å². The lowest BCUT2D eigenvalue weighted by molar-refractivity contribution is -0.117. The molecule has 1 N–H and O–H groups in total. The van der Waals surface area contributed by atoms with Gasteiger partial charge in [-0.2, -0.15) is 0 Å². The molecule has 1 aromatic carbocycles. The molecular weight excluding hydrogens is 404 g/mol. The molecule has 0 radical (unpaired) electrons. The van der Waals surface area contributed by atoms with Crippen molar-refractivity contribution in [3.63, 3.8) is 0 Å². The van der Waals surface area contributed by atoms with Crippen molar-refractivity contribution in [2.45, 2.75) is 12.5 Å². The summed E-state index contributed by atoms with van der Waals surface area (Å²) < 4.78 is 24.0. The Morgan fingerprint density at radius 3 is 2.83 bits per heavy atom. The number of anilines is 1. The smallest absolute Gasteiger partial charge is 0.238 e. The van der Waals surface area contributed by atoms with Gasteiger partial charge in [0.1, 0.15) is 0 Å². The van der Waals surface area contributed by atoms with Crippen LogP contribution in [0.5, 0.6) is 0 Å². The Hall–Kier alpha value is -1.07. The van der Waals surface area contributed by atoms with Crippen LogP contribution in [0.15, 0.2) is 22.7 Å². The van der Waals surface area contributed by atoms with Gasteiger partial charge in [-0.3, -0.25) is 9.69 Å². The van der Waals surface area contributed by atoms with Gasteiger partial charge < -0.3 is 5.32 Å². The normalized spacial score (nSPS) is 19.5. The number of hydrogen-bond donors (Lipinski definition) is 1. The van der Waals surface area contributed by atoms with Crippen LogP contribution in [0.25, 0.3) is 0 Å². The molecule has 1 aliphatic rings. The number of rotatable bonds is 5. The highest BCUT2D eigenvalue weighted by Gasteiger charge is 2.32. The van der Waals surface area contributed by atoms with Crippen LogP contribution in [0.2, 0.25) is 5.02 Å². The van der Waals surface area contributed by atoms with Crippen molar-refractivity contribution in [2.75, 3.05) is 29.9 Å². The molecule has 0 spiro atoms. The van der Waals surface area contributed by atoms with Gasteiger partial charge >= 0.3 is 0 Å². The summed E-state index contributed by atoms with van der Waals surface area (Å²) in [5.41, 5.74) is 0.500. The predicted molar refractivity (Wildman–Crippen MR) is 95.2 cm³/mol. The van der Waals surface area contributed by atoms with E-state index in [0.717, 1.165) is 4.47 Å². The summed E-state index contributed by atoms with van der Waals surface area (Å²) in [4.78, 5) is 13.9. The Morgan fingerprint density at radius 1 is 1.52 bits per heavy atom. The first-order chi connectivity index (χ1) is 10.8. The summed E-state index contributed by atoms with van der Waals surface area (Å²) in [6, 6.07) is 4.92. The number of carbonyl (C=O) groups is 1. The van der Waals surface area contributed by atoms with E-state index in [2.05, 4.69) is 27.2 Å². The molecule has 1 atom stereocenters. The van der Waals surface area contributed by atoms with E-state index < -0.39 is 9.84 Å². The van der Waals surface area contributed by atoms with Crippen molar-refractivity contribution >= 4 is 49.0 Å². The fraction of sp³-hybridized carbons (Fsp3) is 0.400. The number of halogens is 2. The minimum atomic E-state index is -3.03. The van der Waals surface area contributed by atoms with E-state index >= 15 is 0 Å². The molecule has 0 aromatic heterocycles. The maximum atomic E-state index is 12.2. The van der Waals surface area contributed by atoms with Crippen LogP contribution >= 0.6 is 27.5 Å². The van der Waals surface area contributed by atoms with Crippen molar-refractivity contribution in [3.8, 4) is 12.3 Å². The predicted octanol–water partition coefficient (Wildman–Crippen LogP) is 2.16. The quantitative estimate of drug-likeness (QED) is 0.743. The molecule has 1 amide bonds. The molecule has 1 unspecified atom stereocenters. The Kier molecular flexibility index (Phi) is 6.09. The van der Waals surface area contributed by atoms with Crippen molar-refractivity contribution in [1.82, 2.24) is 4.90 Å². The zero-order valence-electron chi connectivity index (χ0n) is 12.3. The number of hydrogen-bond acceptors (Lipinski definition) is 4. The summed E-state index contributed by atoms with van der Waals surface area (Å²) in [7, 11) is -3.03. The second-order valence-corrected chi connectivity index (χ2v) is 8.89. The third-order valence-corrected chi connectivity index (χ3v) is 6.13. The van der Waals surface area contributed by atoms with Crippen LogP contribution in [0.4, 0.5) is 5.69 Å². The van der Waals surface area contributed by atoms with E-state index in [-0.39, 0.29) is 36.5 Å². The largest absolute Gasteiger partial charge is 0.324 e. The van der Waals surface area contributed by atoms with E-state index in [4.69, 9.17) is 18.0 Å². The summed E-state index contributed by atoms with van der Waals surface area (Å²) >= 11 is 9.36. The maximum Gasteiger partial charge on any atom is 0.238 e.